The molecular weight excluding hydrogens is 440 g/mol. The molecule has 0 radical (unpaired) electrons. The van der Waals surface area contributed by atoms with Gasteiger partial charge in [-0.1, -0.05) is 24.3 Å². The highest BCUT2D eigenvalue weighted by Crippen LogP contribution is 2.31. The van der Waals surface area contributed by atoms with Crippen LogP contribution in [0.3, 0.4) is 0 Å². The minimum absolute atomic E-state index is 0.0105. The van der Waals surface area contributed by atoms with Gasteiger partial charge < -0.3 is 15.2 Å². The standard InChI is InChI=1S/C23H22F4N4O2/c24-18-6-4-16(5-7-18)19-13-20-22(33)30(10-11-31(20)29-19)9-8-21(32)28-14-15-2-1-3-17(12-15)23(25,26)27/h1-7,10-12,19-20,29H,8-9,13-14H2,(H,28,32). The summed E-state index contributed by atoms with van der Waals surface area (Å²) in [5.74, 6) is -0.868. The van der Waals surface area contributed by atoms with E-state index < -0.39 is 17.8 Å². The van der Waals surface area contributed by atoms with Crippen LogP contribution in [0.4, 0.5) is 17.6 Å². The third-order valence-corrected chi connectivity index (χ3v) is 5.67. The quantitative estimate of drug-likeness (QED) is 0.646. The van der Waals surface area contributed by atoms with E-state index in [1.165, 1.54) is 29.2 Å². The number of carbonyl (C=O) groups is 2. The molecule has 0 spiro atoms. The maximum atomic E-state index is 13.2. The zero-order valence-corrected chi connectivity index (χ0v) is 17.5. The Morgan fingerprint density at radius 3 is 2.61 bits per heavy atom. The Bertz CT molecular complexity index is 1060. The van der Waals surface area contributed by atoms with E-state index >= 15 is 0 Å². The van der Waals surface area contributed by atoms with Crippen LogP contribution in [0.5, 0.6) is 0 Å². The summed E-state index contributed by atoms with van der Waals surface area (Å²) in [6, 6.07) is 10.3. The molecule has 6 nitrogen and oxygen atoms in total. The van der Waals surface area contributed by atoms with Gasteiger partial charge in [-0.25, -0.2) is 9.82 Å². The van der Waals surface area contributed by atoms with Gasteiger partial charge in [0.1, 0.15) is 11.9 Å². The van der Waals surface area contributed by atoms with Gasteiger partial charge in [0.25, 0.3) is 5.91 Å². The predicted octanol–water partition coefficient (Wildman–Crippen LogP) is 3.48. The largest absolute Gasteiger partial charge is 0.416 e. The molecule has 174 valence electrons. The number of nitrogens with one attached hydrogen (secondary N) is 2. The van der Waals surface area contributed by atoms with Crippen molar-refractivity contribution >= 4 is 11.8 Å². The Morgan fingerprint density at radius 2 is 1.88 bits per heavy atom. The lowest BCUT2D eigenvalue weighted by atomic mass is 10.0. The van der Waals surface area contributed by atoms with Crippen LogP contribution in [0.2, 0.25) is 0 Å². The van der Waals surface area contributed by atoms with E-state index in [0.29, 0.717) is 12.0 Å². The lowest BCUT2D eigenvalue weighted by molar-refractivity contribution is -0.137. The Labute approximate surface area is 187 Å². The van der Waals surface area contributed by atoms with Gasteiger partial charge in [-0.2, -0.15) is 13.2 Å². The fourth-order valence-corrected chi connectivity index (χ4v) is 3.90. The second-order valence-corrected chi connectivity index (χ2v) is 7.95. The number of hydrazine groups is 1. The summed E-state index contributed by atoms with van der Waals surface area (Å²) in [7, 11) is 0. The van der Waals surface area contributed by atoms with E-state index in [-0.39, 0.29) is 43.2 Å². The summed E-state index contributed by atoms with van der Waals surface area (Å²) in [5.41, 5.74) is 3.65. The highest BCUT2D eigenvalue weighted by Gasteiger charge is 2.39. The Morgan fingerprint density at radius 1 is 1.12 bits per heavy atom. The molecule has 2 aromatic rings. The minimum Gasteiger partial charge on any atom is -0.352 e. The number of rotatable bonds is 6. The lowest BCUT2D eigenvalue weighted by Crippen LogP contribution is -2.48. The van der Waals surface area contributed by atoms with Gasteiger partial charge in [0.15, 0.2) is 0 Å². The first kappa shape index (κ1) is 22.8. The molecule has 2 aliphatic rings. The average Bonchev–Trinajstić information content (AvgIpc) is 3.22. The zero-order valence-electron chi connectivity index (χ0n) is 17.5. The smallest absolute Gasteiger partial charge is 0.352 e. The molecule has 2 heterocycles. The number of hydrogen-bond acceptors (Lipinski definition) is 4. The van der Waals surface area contributed by atoms with E-state index in [0.717, 1.165) is 17.7 Å². The first-order valence-corrected chi connectivity index (χ1v) is 10.4. The van der Waals surface area contributed by atoms with Crippen molar-refractivity contribution in [3.63, 3.8) is 0 Å². The predicted molar refractivity (Wildman–Crippen MR) is 111 cm³/mol. The lowest BCUT2D eigenvalue weighted by Gasteiger charge is -2.31. The number of alkyl halides is 3. The van der Waals surface area contributed by atoms with E-state index in [4.69, 9.17) is 0 Å². The van der Waals surface area contributed by atoms with Crippen molar-refractivity contribution in [1.82, 2.24) is 20.7 Å². The molecule has 2 aromatic carbocycles. The summed E-state index contributed by atoms with van der Waals surface area (Å²) >= 11 is 0. The number of benzene rings is 2. The van der Waals surface area contributed by atoms with Gasteiger partial charge in [0.05, 0.1) is 11.6 Å². The van der Waals surface area contributed by atoms with E-state index in [9.17, 15) is 27.2 Å². The molecule has 4 rings (SSSR count). The van der Waals surface area contributed by atoms with Crippen LogP contribution in [-0.2, 0) is 22.3 Å². The summed E-state index contributed by atoms with van der Waals surface area (Å²) in [6.45, 7) is 0.113. The molecule has 0 saturated carbocycles. The number of hydrogen-bond donors (Lipinski definition) is 2. The zero-order chi connectivity index (χ0) is 23.6. The molecule has 2 aliphatic heterocycles. The van der Waals surface area contributed by atoms with Crippen molar-refractivity contribution < 1.29 is 27.2 Å². The SMILES string of the molecule is O=C(CCN1C=CN2NC(c3ccc(F)cc3)CC2C1=O)NCc1cccc(C(F)(F)F)c1. The highest BCUT2D eigenvalue weighted by atomic mass is 19.4. The third-order valence-electron chi connectivity index (χ3n) is 5.67. The highest BCUT2D eigenvalue weighted by molar-refractivity contribution is 5.85. The molecule has 33 heavy (non-hydrogen) atoms. The van der Waals surface area contributed by atoms with Crippen LogP contribution in [0, 0.1) is 5.82 Å². The summed E-state index contributed by atoms with van der Waals surface area (Å²) in [4.78, 5) is 26.5. The van der Waals surface area contributed by atoms with Crippen molar-refractivity contribution in [1.29, 1.82) is 0 Å². The first-order valence-electron chi connectivity index (χ1n) is 10.4. The monoisotopic (exact) mass is 462 g/mol. The summed E-state index contributed by atoms with van der Waals surface area (Å²) in [5, 5.41) is 4.30. The molecule has 2 N–H and O–H groups in total. The van der Waals surface area contributed by atoms with Crippen LogP contribution >= 0.6 is 0 Å². The second kappa shape index (κ2) is 9.22. The summed E-state index contributed by atoms with van der Waals surface area (Å²) in [6.07, 6.45) is -0.640. The molecule has 0 bridgehead atoms. The van der Waals surface area contributed by atoms with E-state index in [2.05, 4.69) is 10.7 Å². The molecule has 2 unspecified atom stereocenters. The molecule has 2 amide bonds. The fraction of sp³-hybridized carbons (Fsp3) is 0.304. The maximum absolute atomic E-state index is 13.2. The molecule has 10 heteroatoms. The number of amides is 2. The van der Waals surface area contributed by atoms with Gasteiger partial charge in [0, 0.05) is 31.9 Å². The van der Waals surface area contributed by atoms with Crippen molar-refractivity contribution in [3.05, 3.63) is 83.4 Å². The third kappa shape index (κ3) is 5.33. The van der Waals surface area contributed by atoms with Gasteiger partial charge in [0.2, 0.25) is 5.91 Å². The van der Waals surface area contributed by atoms with Crippen LogP contribution in [0.15, 0.2) is 60.9 Å². The maximum Gasteiger partial charge on any atom is 0.416 e. The molecule has 2 atom stereocenters. The van der Waals surface area contributed by atoms with E-state index in [1.807, 2.05) is 0 Å². The normalized spacial score (nSPS) is 20.2. The van der Waals surface area contributed by atoms with Gasteiger partial charge in [-0.05, 0) is 41.8 Å². The number of halogens is 4. The molecule has 1 saturated heterocycles. The van der Waals surface area contributed by atoms with E-state index in [1.54, 1.807) is 29.5 Å². The van der Waals surface area contributed by atoms with Gasteiger partial charge in [-0.3, -0.25) is 9.59 Å². The van der Waals surface area contributed by atoms with Crippen molar-refractivity contribution in [3.8, 4) is 0 Å². The van der Waals surface area contributed by atoms with Crippen molar-refractivity contribution in [2.24, 2.45) is 0 Å². The fourth-order valence-electron chi connectivity index (χ4n) is 3.90. The molecule has 0 aromatic heterocycles. The molecule has 1 fully saturated rings. The number of nitrogens with zero attached hydrogens (tertiary/aromatic N) is 2. The molecule has 0 aliphatic carbocycles. The van der Waals surface area contributed by atoms with Gasteiger partial charge >= 0.3 is 6.18 Å². The van der Waals surface area contributed by atoms with Crippen LogP contribution < -0.4 is 10.7 Å². The Kier molecular flexibility index (Phi) is 6.37. The number of carbonyl (C=O) groups excluding carboxylic acids is 2. The second-order valence-electron chi connectivity index (χ2n) is 7.95. The molecular formula is C23H22F4N4O2. The van der Waals surface area contributed by atoms with Crippen LogP contribution in [-0.4, -0.2) is 34.3 Å². The first-order chi connectivity index (χ1) is 15.7. The Balaban J connectivity index is 1.27. The number of fused-ring (bicyclic) bond motifs is 1. The van der Waals surface area contributed by atoms with Crippen LogP contribution in [0.1, 0.15) is 35.6 Å². The van der Waals surface area contributed by atoms with Crippen LogP contribution in [0.25, 0.3) is 0 Å². The van der Waals surface area contributed by atoms with Crippen molar-refractivity contribution in [2.75, 3.05) is 6.54 Å². The topological polar surface area (TPSA) is 64.7 Å². The van der Waals surface area contributed by atoms with Gasteiger partial charge in [-0.15, -0.1) is 0 Å². The van der Waals surface area contributed by atoms with Crippen molar-refractivity contribution in [2.45, 2.75) is 37.6 Å². The Hall–Kier alpha value is -3.40. The summed E-state index contributed by atoms with van der Waals surface area (Å²) < 4.78 is 51.6. The average molecular weight is 462 g/mol. The minimum atomic E-state index is -4.44.